The summed E-state index contributed by atoms with van der Waals surface area (Å²) in [5.41, 5.74) is 1.78. The lowest BCUT2D eigenvalue weighted by Crippen LogP contribution is -2.09. The Labute approximate surface area is 113 Å². The highest BCUT2D eigenvalue weighted by Crippen LogP contribution is 2.37. The fourth-order valence-corrected chi connectivity index (χ4v) is 2.23. The molecule has 5 heteroatoms. The van der Waals surface area contributed by atoms with Gasteiger partial charge in [0.25, 0.3) is 0 Å². The highest BCUT2D eigenvalue weighted by molar-refractivity contribution is 9.09. The van der Waals surface area contributed by atoms with Crippen molar-refractivity contribution in [3.8, 4) is 5.75 Å². The Balaban J connectivity index is 2.82. The topological polar surface area (TPSA) is 9.23 Å². The summed E-state index contributed by atoms with van der Waals surface area (Å²) < 4.78 is 42.1. The number of alkyl halides is 4. The Hall–Kier alpha value is -0.710. The summed E-state index contributed by atoms with van der Waals surface area (Å²) in [6.07, 6.45) is -4.92. The lowest BCUT2D eigenvalue weighted by atomic mass is 10.0. The Morgan fingerprint density at radius 1 is 1.33 bits per heavy atom. The molecule has 102 valence electrons. The van der Waals surface area contributed by atoms with Crippen LogP contribution in [0.25, 0.3) is 0 Å². The minimum absolute atomic E-state index is 0.00697. The summed E-state index contributed by atoms with van der Waals surface area (Å²) in [5.74, 6) is 0.646. The smallest absolute Gasteiger partial charge is 0.389 e. The molecule has 1 aromatic rings. The fraction of sp³-hybridized carbons (Fsp3) is 0.538. The van der Waals surface area contributed by atoms with Crippen molar-refractivity contribution in [2.75, 3.05) is 6.61 Å². The SMILES string of the molecule is CCOc1ccc(C)cc1C(Br)CCC(F)(F)F. The molecule has 0 aliphatic rings. The summed E-state index contributed by atoms with van der Waals surface area (Å²) in [5, 5.41) is 0. The molecule has 1 nitrogen and oxygen atoms in total. The van der Waals surface area contributed by atoms with Gasteiger partial charge >= 0.3 is 6.18 Å². The van der Waals surface area contributed by atoms with Gasteiger partial charge in [0.15, 0.2) is 0 Å². The van der Waals surface area contributed by atoms with Crippen LogP contribution in [0.5, 0.6) is 5.75 Å². The fourth-order valence-electron chi connectivity index (χ4n) is 1.65. The number of hydrogen-bond acceptors (Lipinski definition) is 1. The molecule has 0 aromatic heterocycles. The maximum atomic E-state index is 12.2. The van der Waals surface area contributed by atoms with Crippen molar-refractivity contribution in [1.82, 2.24) is 0 Å². The predicted octanol–water partition coefficient (Wildman–Crippen LogP) is 5.17. The molecule has 18 heavy (non-hydrogen) atoms. The summed E-state index contributed by atoms with van der Waals surface area (Å²) in [4.78, 5) is -0.347. The quantitative estimate of drug-likeness (QED) is 0.679. The van der Waals surface area contributed by atoms with Crippen LogP contribution in [0.3, 0.4) is 0 Å². The van der Waals surface area contributed by atoms with Gasteiger partial charge in [0.05, 0.1) is 6.61 Å². The van der Waals surface area contributed by atoms with Crippen LogP contribution in [0.15, 0.2) is 18.2 Å². The highest BCUT2D eigenvalue weighted by atomic mass is 79.9. The molecular weight excluding hydrogens is 309 g/mol. The van der Waals surface area contributed by atoms with Crippen molar-refractivity contribution >= 4 is 15.9 Å². The summed E-state index contributed by atoms with van der Waals surface area (Å²) >= 11 is 3.31. The number of hydrogen-bond donors (Lipinski definition) is 0. The van der Waals surface area contributed by atoms with Crippen LogP contribution in [0.4, 0.5) is 13.2 Å². The molecule has 1 atom stereocenters. The molecule has 0 saturated carbocycles. The van der Waals surface area contributed by atoms with Crippen LogP contribution in [0.1, 0.15) is 35.7 Å². The molecule has 1 unspecified atom stereocenters. The minimum atomic E-state index is -4.12. The summed E-state index contributed by atoms with van der Waals surface area (Å²) in [7, 11) is 0. The van der Waals surface area contributed by atoms with Gasteiger partial charge in [-0.1, -0.05) is 33.6 Å². The average Bonchev–Trinajstić information content (AvgIpc) is 2.27. The van der Waals surface area contributed by atoms with Gasteiger partial charge in [-0.2, -0.15) is 13.2 Å². The molecule has 1 rings (SSSR count). The van der Waals surface area contributed by atoms with E-state index in [-0.39, 0.29) is 11.2 Å². The van der Waals surface area contributed by atoms with E-state index in [0.717, 1.165) is 11.1 Å². The van der Waals surface area contributed by atoms with Crippen molar-refractivity contribution < 1.29 is 17.9 Å². The molecule has 0 bridgehead atoms. The molecule has 1 aromatic carbocycles. The molecule has 0 radical (unpaired) electrons. The number of aryl methyl sites for hydroxylation is 1. The van der Waals surface area contributed by atoms with Gasteiger partial charge in [0.2, 0.25) is 0 Å². The molecule has 0 N–H and O–H groups in total. The largest absolute Gasteiger partial charge is 0.494 e. The van der Waals surface area contributed by atoms with E-state index in [2.05, 4.69) is 15.9 Å². The molecule has 0 aliphatic carbocycles. The third-order valence-corrected chi connectivity index (χ3v) is 3.43. The number of benzene rings is 1. The van der Waals surface area contributed by atoms with Crippen molar-refractivity contribution in [2.45, 2.75) is 37.7 Å². The Kier molecular flexibility index (Phi) is 5.50. The van der Waals surface area contributed by atoms with Crippen molar-refractivity contribution in [1.29, 1.82) is 0 Å². The minimum Gasteiger partial charge on any atom is -0.494 e. The zero-order valence-corrected chi connectivity index (χ0v) is 11.9. The Morgan fingerprint density at radius 3 is 2.56 bits per heavy atom. The first-order valence-electron chi connectivity index (χ1n) is 5.77. The summed E-state index contributed by atoms with van der Waals surface area (Å²) in [6, 6.07) is 5.55. The lowest BCUT2D eigenvalue weighted by molar-refractivity contribution is -0.135. The second kappa shape index (κ2) is 6.45. The summed E-state index contributed by atoms with van der Waals surface area (Å²) in [6.45, 7) is 4.25. The van der Waals surface area contributed by atoms with Crippen LogP contribution >= 0.6 is 15.9 Å². The Bertz CT molecular complexity index is 390. The number of rotatable bonds is 5. The first-order chi connectivity index (χ1) is 8.33. The van der Waals surface area contributed by atoms with Gasteiger partial charge in [-0.15, -0.1) is 0 Å². The molecule has 0 amide bonds. The monoisotopic (exact) mass is 324 g/mol. The molecular formula is C13H16BrF3O. The lowest BCUT2D eigenvalue weighted by Gasteiger charge is -2.16. The third kappa shape index (κ3) is 4.88. The van der Waals surface area contributed by atoms with Gasteiger partial charge in [0, 0.05) is 16.8 Å². The van der Waals surface area contributed by atoms with Gasteiger partial charge in [0.1, 0.15) is 5.75 Å². The second-order valence-corrected chi connectivity index (χ2v) is 5.20. The second-order valence-electron chi connectivity index (χ2n) is 4.10. The van der Waals surface area contributed by atoms with E-state index in [4.69, 9.17) is 4.74 Å². The van der Waals surface area contributed by atoms with Gasteiger partial charge in [-0.05, 0) is 26.3 Å². The van der Waals surface area contributed by atoms with Gasteiger partial charge in [-0.3, -0.25) is 0 Å². The zero-order valence-electron chi connectivity index (χ0n) is 10.4. The first-order valence-corrected chi connectivity index (χ1v) is 6.69. The van der Waals surface area contributed by atoms with Gasteiger partial charge < -0.3 is 4.74 Å². The maximum Gasteiger partial charge on any atom is 0.389 e. The average molecular weight is 325 g/mol. The van der Waals surface area contributed by atoms with Crippen molar-refractivity contribution in [3.63, 3.8) is 0 Å². The molecule has 0 fully saturated rings. The van der Waals surface area contributed by atoms with Crippen LogP contribution in [-0.4, -0.2) is 12.8 Å². The van der Waals surface area contributed by atoms with Gasteiger partial charge in [-0.25, -0.2) is 0 Å². The van der Waals surface area contributed by atoms with E-state index in [1.807, 2.05) is 26.0 Å². The van der Waals surface area contributed by atoms with E-state index < -0.39 is 12.6 Å². The third-order valence-electron chi connectivity index (χ3n) is 2.48. The maximum absolute atomic E-state index is 12.2. The van der Waals surface area contributed by atoms with Crippen molar-refractivity contribution in [3.05, 3.63) is 29.3 Å². The first kappa shape index (κ1) is 15.3. The molecule has 0 heterocycles. The van der Waals surface area contributed by atoms with E-state index >= 15 is 0 Å². The van der Waals surface area contributed by atoms with E-state index in [0.29, 0.717) is 12.4 Å². The van der Waals surface area contributed by atoms with Crippen molar-refractivity contribution in [2.24, 2.45) is 0 Å². The van der Waals surface area contributed by atoms with Crippen LogP contribution in [-0.2, 0) is 0 Å². The molecule has 0 spiro atoms. The molecule has 0 saturated heterocycles. The predicted molar refractivity (Wildman–Crippen MR) is 69.3 cm³/mol. The van der Waals surface area contributed by atoms with Crippen LogP contribution < -0.4 is 4.74 Å². The van der Waals surface area contributed by atoms with E-state index in [1.54, 1.807) is 6.07 Å². The zero-order chi connectivity index (χ0) is 13.8. The normalized spacial score (nSPS) is 13.4. The number of ether oxygens (including phenoxy) is 1. The number of halogens is 4. The molecule has 0 aliphatic heterocycles. The standard InChI is InChI=1S/C13H16BrF3O/c1-3-18-12-5-4-9(2)8-10(12)11(14)6-7-13(15,16)17/h4-5,8,11H,3,6-7H2,1-2H3. The van der Waals surface area contributed by atoms with Crippen LogP contribution in [0, 0.1) is 6.92 Å². The van der Waals surface area contributed by atoms with E-state index in [9.17, 15) is 13.2 Å². The van der Waals surface area contributed by atoms with E-state index in [1.165, 1.54) is 0 Å². The highest BCUT2D eigenvalue weighted by Gasteiger charge is 2.28. The van der Waals surface area contributed by atoms with Crippen LogP contribution in [0.2, 0.25) is 0 Å². The Morgan fingerprint density at radius 2 is 2.00 bits per heavy atom.